The van der Waals surface area contributed by atoms with Crippen molar-refractivity contribution in [3.8, 4) is 0 Å². The minimum Gasteiger partial charge on any atom is -0.409 e. The normalized spacial score (nSPS) is 11.3. The number of aryl methyl sites for hydroxylation is 1. The van der Waals surface area contributed by atoms with Crippen molar-refractivity contribution in [2.75, 3.05) is 0 Å². The molecule has 1 aromatic rings. The van der Waals surface area contributed by atoms with Crippen molar-refractivity contribution < 1.29 is 5.21 Å². The Labute approximate surface area is 77.2 Å². The largest absolute Gasteiger partial charge is 0.409 e. The first-order valence-corrected chi connectivity index (χ1v) is 3.90. The summed E-state index contributed by atoms with van der Waals surface area (Å²) >= 11 is 0. The van der Waals surface area contributed by atoms with Crippen LogP contribution >= 0.6 is 0 Å². The minimum absolute atomic E-state index is 0.133. The van der Waals surface area contributed by atoms with Gasteiger partial charge in [0.15, 0.2) is 5.84 Å². The van der Waals surface area contributed by atoms with Gasteiger partial charge < -0.3 is 10.9 Å². The summed E-state index contributed by atoms with van der Waals surface area (Å²) in [7, 11) is 0. The van der Waals surface area contributed by atoms with E-state index in [-0.39, 0.29) is 5.84 Å². The molecule has 0 heterocycles. The lowest BCUT2D eigenvalue weighted by atomic mass is 10.0. The molecule has 0 aliphatic heterocycles. The van der Waals surface area contributed by atoms with Gasteiger partial charge >= 0.3 is 0 Å². The van der Waals surface area contributed by atoms with Gasteiger partial charge in [0, 0.05) is 5.56 Å². The first-order chi connectivity index (χ1) is 6.19. The summed E-state index contributed by atoms with van der Waals surface area (Å²) in [4.78, 5) is 0. The molecule has 0 amide bonds. The lowest BCUT2D eigenvalue weighted by Gasteiger charge is -2.04. The van der Waals surface area contributed by atoms with Crippen molar-refractivity contribution >= 4 is 11.9 Å². The summed E-state index contributed by atoms with van der Waals surface area (Å²) in [6.45, 7) is 5.56. The third-order valence-electron chi connectivity index (χ3n) is 1.87. The summed E-state index contributed by atoms with van der Waals surface area (Å²) in [5, 5.41) is 11.4. The quantitative estimate of drug-likeness (QED) is 0.312. The number of amidine groups is 1. The Morgan fingerprint density at radius 1 is 1.62 bits per heavy atom. The molecule has 0 saturated carbocycles. The van der Waals surface area contributed by atoms with Crippen molar-refractivity contribution in [3.05, 3.63) is 41.5 Å². The average molecular weight is 176 g/mol. The second-order valence-electron chi connectivity index (χ2n) is 2.76. The van der Waals surface area contributed by atoms with Crippen molar-refractivity contribution in [3.63, 3.8) is 0 Å². The molecule has 0 fully saturated rings. The van der Waals surface area contributed by atoms with Gasteiger partial charge in [-0.2, -0.15) is 0 Å². The molecule has 0 saturated heterocycles. The van der Waals surface area contributed by atoms with E-state index in [1.807, 2.05) is 19.1 Å². The Balaban J connectivity index is 3.20. The van der Waals surface area contributed by atoms with Crippen LogP contribution in [0.4, 0.5) is 0 Å². The van der Waals surface area contributed by atoms with E-state index < -0.39 is 0 Å². The van der Waals surface area contributed by atoms with Gasteiger partial charge in [-0.3, -0.25) is 0 Å². The zero-order valence-electron chi connectivity index (χ0n) is 7.49. The van der Waals surface area contributed by atoms with Crippen LogP contribution in [0.5, 0.6) is 0 Å². The Bertz CT molecular complexity index is 356. The van der Waals surface area contributed by atoms with E-state index >= 15 is 0 Å². The van der Waals surface area contributed by atoms with E-state index in [2.05, 4.69) is 11.7 Å². The molecular weight excluding hydrogens is 164 g/mol. The molecule has 1 rings (SSSR count). The van der Waals surface area contributed by atoms with Crippen LogP contribution < -0.4 is 5.73 Å². The summed E-state index contributed by atoms with van der Waals surface area (Å²) in [5.74, 6) is 0.133. The van der Waals surface area contributed by atoms with Crippen LogP contribution in [0, 0.1) is 6.92 Å². The van der Waals surface area contributed by atoms with Gasteiger partial charge in [-0.15, -0.1) is 0 Å². The monoisotopic (exact) mass is 176 g/mol. The molecule has 0 spiro atoms. The molecule has 0 aliphatic rings. The zero-order chi connectivity index (χ0) is 9.84. The van der Waals surface area contributed by atoms with E-state index in [1.165, 1.54) is 0 Å². The van der Waals surface area contributed by atoms with Crippen LogP contribution in [0.15, 0.2) is 29.9 Å². The molecular formula is C10H12N2O. The molecule has 0 bridgehead atoms. The highest BCUT2D eigenvalue weighted by atomic mass is 16.4. The number of hydrogen-bond donors (Lipinski definition) is 2. The highest BCUT2D eigenvalue weighted by molar-refractivity contribution is 5.98. The molecule has 13 heavy (non-hydrogen) atoms. The fraction of sp³-hybridized carbons (Fsp3) is 0.100. The van der Waals surface area contributed by atoms with Crippen molar-refractivity contribution in [2.45, 2.75) is 6.92 Å². The van der Waals surface area contributed by atoms with Crippen molar-refractivity contribution in [2.24, 2.45) is 10.9 Å². The SMILES string of the molecule is C=Cc1ccc(/C(N)=N/O)c(C)c1. The van der Waals surface area contributed by atoms with E-state index in [4.69, 9.17) is 10.9 Å². The van der Waals surface area contributed by atoms with Gasteiger partial charge in [0.05, 0.1) is 0 Å². The van der Waals surface area contributed by atoms with Gasteiger partial charge in [0.25, 0.3) is 0 Å². The molecule has 3 nitrogen and oxygen atoms in total. The first-order valence-electron chi connectivity index (χ1n) is 3.90. The molecule has 0 unspecified atom stereocenters. The van der Waals surface area contributed by atoms with E-state index in [1.54, 1.807) is 12.1 Å². The van der Waals surface area contributed by atoms with Crippen LogP contribution in [0.2, 0.25) is 0 Å². The summed E-state index contributed by atoms with van der Waals surface area (Å²) in [5.41, 5.74) is 8.19. The highest BCUT2D eigenvalue weighted by Gasteiger charge is 2.02. The first kappa shape index (κ1) is 9.32. The van der Waals surface area contributed by atoms with Gasteiger partial charge in [-0.1, -0.05) is 36.0 Å². The molecule has 3 heteroatoms. The van der Waals surface area contributed by atoms with Crippen LogP contribution in [0.1, 0.15) is 16.7 Å². The second-order valence-corrected chi connectivity index (χ2v) is 2.76. The Hall–Kier alpha value is -1.77. The molecule has 0 aromatic heterocycles. The summed E-state index contributed by atoms with van der Waals surface area (Å²) in [6.07, 6.45) is 1.75. The fourth-order valence-electron chi connectivity index (χ4n) is 1.16. The maximum atomic E-state index is 8.48. The van der Waals surface area contributed by atoms with Crippen LogP contribution in [0.25, 0.3) is 6.08 Å². The number of benzene rings is 1. The van der Waals surface area contributed by atoms with Gasteiger partial charge in [-0.05, 0) is 18.1 Å². The zero-order valence-corrected chi connectivity index (χ0v) is 7.49. The average Bonchev–Trinajstić information content (AvgIpc) is 2.16. The minimum atomic E-state index is 0.133. The molecule has 1 aromatic carbocycles. The molecule has 0 radical (unpaired) electrons. The van der Waals surface area contributed by atoms with Crippen molar-refractivity contribution in [1.29, 1.82) is 0 Å². The molecule has 3 N–H and O–H groups in total. The van der Waals surface area contributed by atoms with Crippen LogP contribution in [-0.4, -0.2) is 11.0 Å². The van der Waals surface area contributed by atoms with Gasteiger partial charge in [0.2, 0.25) is 0 Å². The topological polar surface area (TPSA) is 58.6 Å². The Morgan fingerprint density at radius 2 is 2.31 bits per heavy atom. The van der Waals surface area contributed by atoms with Gasteiger partial charge in [0.1, 0.15) is 0 Å². The molecule has 0 aliphatic carbocycles. The van der Waals surface area contributed by atoms with E-state index in [9.17, 15) is 0 Å². The molecule has 0 atom stereocenters. The predicted molar refractivity (Wildman–Crippen MR) is 53.8 cm³/mol. The maximum Gasteiger partial charge on any atom is 0.170 e. The third-order valence-corrected chi connectivity index (χ3v) is 1.87. The number of oxime groups is 1. The van der Waals surface area contributed by atoms with E-state index in [0.717, 1.165) is 16.7 Å². The van der Waals surface area contributed by atoms with E-state index in [0.29, 0.717) is 0 Å². The van der Waals surface area contributed by atoms with Gasteiger partial charge in [-0.25, -0.2) is 0 Å². The van der Waals surface area contributed by atoms with Crippen molar-refractivity contribution in [1.82, 2.24) is 0 Å². The smallest absolute Gasteiger partial charge is 0.170 e. The maximum absolute atomic E-state index is 8.48. The predicted octanol–water partition coefficient (Wildman–Crippen LogP) is 1.73. The Morgan fingerprint density at radius 3 is 2.77 bits per heavy atom. The second kappa shape index (κ2) is 3.76. The van der Waals surface area contributed by atoms with Crippen LogP contribution in [-0.2, 0) is 0 Å². The number of rotatable bonds is 2. The lowest BCUT2D eigenvalue weighted by Crippen LogP contribution is -2.14. The summed E-state index contributed by atoms with van der Waals surface area (Å²) in [6, 6.07) is 5.61. The van der Waals surface area contributed by atoms with Crippen LogP contribution in [0.3, 0.4) is 0 Å². The molecule has 68 valence electrons. The lowest BCUT2D eigenvalue weighted by molar-refractivity contribution is 0.318. The number of nitrogens with zero attached hydrogens (tertiary/aromatic N) is 1. The number of nitrogens with two attached hydrogens (primary N) is 1. The standard InChI is InChI=1S/C10H12N2O/c1-3-8-4-5-9(7(2)6-8)10(11)12-13/h3-6,13H,1H2,2H3,(H2,11,12). The Kier molecular flexibility index (Phi) is 2.69. The fourth-order valence-corrected chi connectivity index (χ4v) is 1.16. The third kappa shape index (κ3) is 1.87. The number of hydrogen-bond acceptors (Lipinski definition) is 2. The summed E-state index contributed by atoms with van der Waals surface area (Å²) < 4.78 is 0. The highest BCUT2D eigenvalue weighted by Crippen LogP contribution is 2.11.